The molecule has 6 rings (SSSR count). The lowest BCUT2D eigenvalue weighted by molar-refractivity contribution is -0.137. The molecule has 3 amide bonds. The zero-order valence-electron chi connectivity index (χ0n) is 27.4. The van der Waals surface area contributed by atoms with E-state index in [-0.39, 0.29) is 19.2 Å². The van der Waals surface area contributed by atoms with E-state index in [1.807, 2.05) is 57.2 Å². The first kappa shape index (κ1) is 32.7. The van der Waals surface area contributed by atoms with Gasteiger partial charge >= 0.3 is 12.2 Å². The third kappa shape index (κ3) is 7.19. The Kier molecular flexibility index (Phi) is 8.62. The molecule has 4 heterocycles. The van der Waals surface area contributed by atoms with Crippen LogP contribution in [0.25, 0.3) is 11.3 Å². The molecule has 250 valence electrons. The van der Waals surface area contributed by atoms with E-state index >= 15 is 0 Å². The van der Waals surface area contributed by atoms with Gasteiger partial charge in [0.15, 0.2) is 11.5 Å². The zero-order valence-corrected chi connectivity index (χ0v) is 29.0. The number of carbonyl (C=O) groups excluding carboxylic acids is 3. The Hall–Kier alpha value is -4.26. The Balaban J connectivity index is 1.23. The second-order valence-electron chi connectivity index (χ2n) is 14.2. The van der Waals surface area contributed by atoms with Gasteiger partial charge in [0.25, 0.3) is 0 Å². The number of fused-ring (bicyclic) bond motifs is 2. The quantitative estimate of drug-likeness (QED) is 0.315. The predicted octanol–water partition coefficient (Wildman–Crippen LogP) is 6.30. The lowest BCUT2D eigenvalue weighted by Gasteiger charge is -2.35. The molecule has 0 aliphatic carbocycles. The number of rotatable bonds is 5. The maximum atomic E-state index is 14.4. The van der Waals surface area contributed by atoms with Crippen LogP contribution in [0.3, 0.4) is 0 Å². The second kappa shape index (κ2) is 12.4. The summed E-state index contributed by atoms with van der Waals surface area (Å²) < 4.78 is 23.5. The van der Waals surface area contributed by atoms with Crippen molar-refractivity contribution in [3.63, 3.8) is 0 Å². The van der Waals surface area contributed by atoms with Gasteiger partial charge < -0.3 is 34.1 Å². The molecule has 47 heavy (non-hydrogen) atoms. The van der Waals surface area contributed by atoms with E-state index in [1.165, 1.54) is 0 Å². The van der Waals surface area contributed by atoms with E-state index in [2.05, 4.69) is 31.2 Å². The molecule has 0 radical (unpaired) electrons. The summed E-state index contributed by atoms with van der Waals surface area (Å²) in [5.41, 5.74) is 2.27. The third-order valence-electron chi connectivity index (χ3n) is 8.33. The molecule has 1 fully saturated rings. The number of nitrogens with zero attached hydrogens (tertiary/aromatic N) is 3. The lowest BCUT2D eigenvalue weighted by Crippen LogP contribution is -2.55. The summed E-state index contributed by atoms with van der Waals surface area (Å²) >= 11 is 3.47. The second-order valence-corrected chi connectivity index (χ2v) is 15.1. The minimum Gasteiger partial charge on any atom is -0.454 e. The number of likely N-dealkylation sites (tertiary alicyclic amines) is 1. The number of alkyl carbamates (subject to hydrolysis) is 1. The number of hydrogen-bond donors (Lipinski definition) is 2. The highest BCUT2D eigenvalue weighted by Gasteiger charge is 2.46. The highest BCUT2D eigenvalue weighted by atomic mass is 79.9. The van der Waals surface area contributed by atoms with E-state index in [9.17, 15) is 14.4 Å². The molecule has 2 aromatic carbocycles. The van der Waals surface area contributed by atoms with Crippen LogP contribution >= 0.6 is 15.9 Å². The van der Waals surface area contributed by atoms with Crippen molar-refractivity contribution in [1.82, 2.24) is 25.1 Å². The van der Waals surface area contributed by atoms with Crippen molar-refractivity contribution in [2.45, 2.75) is 84.8 Å². The third-order valence-corrected chi connectivity index (χ3v) is 8.86. The number of benzene rings is 2. The normalized spacial score (nSPS) is 19.4. The van der Waals surface area contributed by atoms with Crippen LogP contribution in [0.4, 0.5) is 9.59 Å². The van der Waals surface area contributed by atoms with Gasteiger partial charge in [0, 0.05) is 24.0 Å². The van der Waals surface area contributed by atoms with Gasteiger partial charge in [-0.15, -0.1) is 0 Å². The van der Waals surface area contributed by atoms with Crippen molar-refractivity contribution in [1.29, 1.82) is 0 Å². The Morgan fingerprint density at radius 1 is 1.02 bits per heavy atom. The lowest BCUT2D eigenvalue weighted by atomic mass is 9.85. The molecule has 1 aromatic heterocycles. The minimum absolute atomic E-state index is 0.128. The van der Waals surface area contributed by atoms with Crippen molar-refractivity contribution >= 4 is 34.0 Å². The van der Waals surface area contributed by atoms with Crippen LogP contribution in [0.15, 0.2) is 47.1 Å². The number of ether oxygens (including phenoxy) is 4. The summed E-state index contributed by atoms with van der Waals surface area (Å²) in [4.78, 5) is 52.0. The number of carbonyl (C=O) groups is 3. The fraction of sp³-hybridized carbons (Fsp3) is 0.471. The van der Waals surface area contributed by atoms with E-state index in [0.717, 1.165) is 26.9 Å². The van der Waals surface area contributed by atoms with Gasteiger partial charge in [0.2, 0.25) is 12.7 Å². The van der Waals surface area contributed by atoms with Gasteiger partial charge in [-0.1, -0.05) is 48.8 Å². The van der Waals surface area contributed by atoms with Gasteiger partial charge in [-0.05, 0) is 67.1 Å². The zero-order chi connectivity index (χ0) is 33.7. The smallest absolute Gasteiger partial charge is 0.410 e. The first-order valence-corrected chi connectivity index (χ1v) is 16.4. The van der Waals surface area contributed by atoms with Crippen molar-refractivity contribution in [3.8, 4) is 22.8 Å². The molecule has 0 spiro atoms. The van der Waals surface area contributed by atoms with Gasteiger partial charge in [-0.25, -0.2) is 14.6 Å². The van der Waals surface area contributed by atoms with E-state index in [4.69, 9.17) is 18.9 Å². The number of imidazole rings is 1. The number of hydrogen-bond acceptors (Lipinski definition) is 8. The minimum atomic E-state index is -0.922. The van der Waals surface area contributed by atoms with Crippen molar-refractivity contribution < 1.29 is 33.3 Å². The molecule has 1 unspecified atom stereocenters. The van der Waals surface area contributed by atoms with Crippen molar-refractivity contribution in [2.75, 3.05) is 13.3 Å². The SMILES string of the molecule is CC(C)(C)OC(=O)NC(C(=O)N1C[C@H](OC(=O)N2Cc3cc4c(cc3C2)OCO4)C[C@H]1c1ncc(-c2ccc(Br)cc2)[nH]1)C(C)(C)C. The van der Waals surface area contributed by atoms with E-state index < -0.39 is 41.4 Å². The molecular weight excluding hydrogens is 670 g/mol. The van der Waals surface area contributed by atoms with Crippen molar-refractivity contribution in [3.05, 3.63) is 64.0 Å². The summed E-state index contributed by atoms with van der Waals surface area (Å²) in [5.74, 6) is 1.57. The molecule has 1 saturated heterocycles. The van der Waals surface area contributed by atoms with Crippen LogP contribution in [0.5, 0.6) is 11.5 Å². The van der Waals surface area contributed by atoms with Gasteiger partial charge in [0.05, 0.1) is 24.5 Å². The standard InChI is InChI=1S/C34H40BrN5O7/c1-33(2,3)28(38-31(42)47-34(4,5)6)30(41)40-17-23(13-25(40)29-36-14-24(37-29)19-7-9-22(35)10-8-19)46-32(43)39-15-20-11-26-27(45-18-44-26)12-21(20)16-39/h7-12,14,23,25,28H,13,15-18H2,1-6H3,(H,36,37)(H,38,42)/t23-,25+,28?/m1/s1. The fourth-order valence-corrected chi connectivity index (χ4v) is 6.31. The topological polar surface area (TPSA) is 135 Å². The molecule has 2 N–H and O–H groups in total. The number of aromatic amines is 1. The summed E-state index contributed by atoms with van der Waals surface area (Å²) in [6, 6.07) is 10.2. The van der Waals surface area contributed by atoms with Crippen LogP contribution in [0, 0.1) is 5.41 Å². The first-order chi connectivity index (χ1) is 22.1. The number of nitrogens with one attached hydrogen (secondary N) is 2. The average Bonchev–Trinajstić information content (AvgIpc) is 3.78. The molecule has 3 atom stereocenters. The fourth-order valence-electron chi connectivity index (χ4n) is 6.04. The summed E-state index contributed by atoms with van der Waals surface area (Å²) in [5, 5.41) is 2.80. The number of aromatic nitrogens is 2. The van der Waals surface area contributed by atoms with Gasteiger partial charge in [-0.3, -0.25) is 9.69 Å². The summed E-state index contributed by atoms with van der Waals surface area (Å²) in [7, 11) is 0. The molecule has 3 aromatic rings. The maximum absolute atomic E-state index is 14.4. The van der Waals surface area contributed by atoms with Gasteiger partial charge in [-0.2, -0.15) is 0 Å². The molecule has 3 aliphatic heterocycles. The maximum Gasteiger partial charge on any atom is 0.410 e. The average molecular weight is 711 g/mol. The van der Waals surface area contributed by atoms with E-state index in [1.54, 1.807) is 36.8 Å². The summed E-state index contributed by atoms with van der Waals surface area (Å²) in [6.45, 7) is 12.0. The summed E-state index contributed by atoms with van der Waals surface area (Å²) in [6.07, 6.45) is 0.281. The largest absolute Gasteiger partial charge is 0.454 e. The Labute approximate surface area is 282 Å². The highest BCUT2D eigenvalue weighted by Crippen LogP contribution is 2.39. The van der Waals surface area contributed by atoms with Crippen molar-refractivity contribution in [2.24, 2.45) is 5.41 Å². The van der Waals surface area contributed by atoms with Crippen LogP contribution in [-0.4, -0.2) is 68.9 Å². The molecule has 13 heteroatoms. The van der Waals surface area contributed by atoms with Crippen LogP contribution in [-0.2, 0) is 27.4 Å². The number of amides is 3. The van der Waals surface area contributed by atoms with Crippen LogP contribution < -0.4 is 14.8 Å². The Bertz CT molecular complexity index is 1640. The van der Waals surface area contributed by atoms with Gasteiger partial charge in [0.1, 0.15) is 23.6 Å². The molecular formula is C34H40BrN5O7. The Morgan fingerprint density at radius 2 is 1.66 bits per heavy atom. The van der Waals surface area contributed by atoms with Crippen LogP contribution in [0.2, 0.25) is 0 Å². The Morgan fingerprint density at radius 3 is 2.26 bits per heavy atom. The molecule has 12 nitrogen and oxygen atoms in total. The molecule has 0 bridgehead atoms. The molecule has 0 saturated carbocycles. The molecule has 3 aliphatic rings. The highest BCUT2D eigenvalue weighted by molar-refractivity contribution is 9.10. The van der Waals surface area contributed by atoms with E-state index in [0.29, 0.717) is 36.8 Å². The number of H-pyrrole nitrogens is 1. The predicted molar refractivity (Wildman–Crippen MR) is 175 cm³/mol. The monoisotopic (exact) mass is 709 g/mol. The first-order valence-electron chi connectivity index (χ1n) is 15.6. The number of halogens is 1. The van der Waals surface area contributed by atoms with Crippen LogP contribution in [0.1, 0.15) is 71.0 Å².